The number of amides is 2. The minimum absolute atomic E-state index is 0.131. The Hall–Kier alpha value is -3.01. The number of alkyl halides is 2. The van der Waals surface area contributed by atoms with E-state index in [4.69, 9.17) is 15.2 Å². The van der Waals surface area contributed by atoms with Gasteiger partial charge in [-0.25, -0.2) is 13.8 Å². The first-order valence-electron chi connectivity index (χ1n) is 9.50. The van der Waals surface area contributed by atoms with Crippen LogP contribution in [0.5, 0.6) is 5.75 Å². The van der Waals surface area contributed by atoms with E-state index in [2.05, 4.69) is 4.98 Å². The Bertz CT molecular complexity index is 932. The number of imidazole rings is 1. The van der Waals surface area contributed by atoms with E-state index in [0.717, 1.165) is 10.5 Å². The van der Waals surface area contributed by atoms with Crippen LogP contribution in [0.15, 0.2) is 24.4 Å². The maximum absolute atomic E-state index is 13.0. The Morgan fingerprint density at radius 2 is 2.17 bits per heavy atom. The third kappa shape index (κ3) is 4.76. The van der Waals surface area contributed by atoms with E-state index < -0.39 is 18.9 Å². The Balaban J connectivity index is 1.95. The zero-order valence-electron chi connectivity index (χ0n) is 16.8. The van der Waals surface area contributed by atoms with Gasteiger partial charge in [0.2, 0.25) is 5.91 Å². The van der Waals surface area contributed by atoms with E-state index in [9.17, 15) is 18.4 Å². The smallest absolute Gasteiger partial charge is 0.256 e. The number of hydrogen-bond acceptors (Lipinski definition) is 5. The molecule has 0 aliphatic carbocycles. The van der Waals surface area contributed by atoms with Gasteiger partial charge in [0.05, 0.1) is 18.7 Å². The number of primary amides is 1. The summed E-state index contributed by atoms with van der Waals surface area (Å²) in [6.07, 6.45) is -0.677. The van der Waals surface area contributed by atoms with E-state index in [-0.39, 0.29) is 24.2 Å². The Labute approximate surface area is 172 Å². The number of carbonyl (C=O) groups is 2. The molecule has 0 saturated carbocycles. The number of fused-ring (bicyclic) bond motifs is 3. The number of nitrogens with zero attached hydrogens (tertiary/aromatic N) is 3. The molecule has 0 spiro atoms. The molecule has 1 aromatic carbocycles. The Morgan fingerprint density at radius 1 is 1.40 bits per heavy atom. The van der Waals surface area contributed by atoms with Crippen molar-refractivity contribution in [2.24, 2.45) is 11.7 Å². The lowest BCUT2D eigenvalue weighted by Gasteiger charge is -2.19. The van der Waals surface area contributed by atoms with Crippen molar-refractivity contribution >= 4 is 17.6 Å². The van der Waals surface area contributed by atoms with Crippen molar-refractivity contribution in [2.75, 3.05) is 31.8 Å². The molecule has 1 aliphatic heterocycles. The molecule has 2 heterocycles. The van der Waals surface area contributed by atoms with Crippen molar-refractivity contribution in [1.29, 1.82) is 0 Å². The molecular weight excluding hydrogens is 398 g/mol. The van der Waals surface area contributed by atoms with Gasteiger partial charge >= 0.3 is 0 Å². The Morgan fingerprint density at radius 3 is 2.83 bits per heavy atom. The SMILES string of the molecule is COCC(=O)N(CC(F)F)c1cn2c(n1)-c1ccc(C[C@@H](C)C(N)=O)cc1OCC2. The first-order valence-corrected chi connectivity index (χ1v) is 9.50. The van der Waals surface area contributed by atoms with Gasteiger partial charge < -0.3 is 19.8 Å². The predicted molar refractivity (Wildman–Crippen MR) is 105 cm³/mol. The Kier molecular flexibility index (Phi) is 6.66. The van der Waals surface area contributed by atoms with E-state index in [1.165, 1.54) is 7.11 Å². The van der Waals surface area contributed by atoms with Crippen LogP contribution in [0.25, 0.3) is 11.4 Å². The molecule has 30 heavy (non-hydrogen) atoms. The van der Waals surface area contributed by atoms with Gasteiger partial charge in [0, 0.05) is 19.2 Å². The van der Waals surface area contributed by atoms with E-state index >= 15 is 0 Å². The lowest BCUT2D eigenvalue weighted by atomic mass is 9.99. The van der Waals surface area contributed by atoms with Crippen LogP contribution < -0.4 is 15.4 Å². The van der Waals surface area contributed by atoms with Gasteiger partial charge in [-0.05, 0) is 24.1 Å². The van der Waals surface area contributed by atoms with Crippen LogP contribution in [-0.2, 0) is 27.3 Å². The molecule has 2 aromatic rings. The second-order valence-electron chi connectivity index (χ2n) is 7.13. The molecule has 3 rings (SSSR count). The van der Waals surface area contributed by atoms with Crippen LogP contribution in [0.1, 0.15) is 12.5 Å². The van der Waals surface area contributed by atoms with Gasteiger partial charge in [0.1, 0.15) is 24.8 Å². The summed E-state index contributed by atoms with van der Waals surface area (Å²) >= 11 is 0. The molecule has 10 heteroatoms. The molecule has 0 bridgehead atoms. The average molecular weight is 422 g/mol. The first-order chi connectivity index (χ1) is 14.3. The van der Waals surface area contributed by atoms with Gasteiger partial charge in [0.25, 0.3) is 12.3 Å². The van der Waals surface area contributed by atoms with Gasteiger partial charge in [-0.2, -0.15) is 0 Å². The first kappa shape index (κ1) is 21.7. The summed E-state index contributed by atoms with van der Waals surface area (Å²) < 4.78 is 38.5. The normalized spacial score (nSPS) is 13.8. The van der Waals surface area contributed by atoms with Gasteiger partial charge in [-0.3, -0.25) is 14.5 Å². The van der Waals surface area contributed by atoms with E-state index in [0.29, 0.717) is 36.7 Å². The largest absolute Gasteiger partial charge is 0.491 e. The molecule has 162 valence electrons. The summed E-state index contributed by atoms with van der Waals surface area (Å²) in [6, 6.07) is 5.48. The molecule has 1 aliphatic rings. The number of ether oxygens (including phenoxy) is 2. The highest BCUT2D eigenvalue weighted by molar-refractivity contribution is 5.93. The van der Waals surface area contributed by atoms with Crippen molar-refractivity contribution in [2.45, 2.75) is 26.3 Å². The van der Waals surface area contributed by atoms with Crippen molar-refractivity contribution in [3.05, 3.63) is 30.0 Å². The molecule has 0 saturated heterocycles. The van der Waals surface area contributed by atoms with Gasteiger partial charge in [-0.15, -0.1) is 0 Å². The van der Waals surface area contributed by atoms with Crippen LogP contribution >= 0.6 is 0 Å². The second kappa shape index (κ2) is 9.21. The van der Waals surface area contributed by atoms with Crippen molar-refractivity contribution in [3.63, 3.8) is 0 Å². The lowest BCUT2D eigenvalue weighted by Crippen LogP contribution is -2.37. The summed E-state index contributed by atoms with van der Waals surface area (Å²) in [4.78, 5) is 29.0. The van der Waals surface area contributed by atoms with Crippen molar-refractivity contribution in [3.8, 4) is 17.1 Å². The number of hydrogen-bond donors (Lipinski definition) is 1. The van der Waals surface area contributed by atoms with Crippen LogP contribution in [0, 0.1) is 5.92 Å². The maximum Gasteiger partial charge on any atom is 0.256 e. The third-order valence-corrected chi connectivity index (χ3v) is 4.83. The number of methoxy groups -OCH3 is 1. The summed E-state index contributed by atoms with van der Waals surface area (Å²) in [5.74, 6) is -0.0897. The number of aromatic nitrogens is 2. The van der Waals surface area contributed by atoms with E-state index in [1.807, 2.05) is 12.1 Å². The number of anilines is 1. The topological polar surface area (TPSA) is 99.7 Å². The standard InChI is InChI=1S/C20H24F2N4O4/c1-12(19(23)28)7-13-3-4-14-15(8-13)30-6-5-25-10-17(24-20(14)25)26(9-16(21)22)18(27)11-29-2/h3-4,8,10,12,16H,5-7,9,11H2,1-2H3,(H2,23,28)/t12-/m1/s1. The highest BCUT2D eigenvalue weighted by atomic mass is 19.3. The average Bonchev–Trinajstić information content (AvgIpc) is 3.02. The summed E-state index contributed by atoms with van der Waals surface area (Å²) in [7, 11) is 1.32. The lowest BCUT2D eigenvalue weighted by molar-refractivity contribution is -0.123. The maximum atomic E-state index is 13.0. The predicted octanol–water partition coefficient (Wildman–Crippen LogP) is 1.85. The van der Waals surface area contributed by atoms with Crippen LogP contribution in [0.3, 0.4) is 0 Å². The van der Waals surface area contributed by atoms with E-state index in [1.54, 1.807) is 23.8 Å². The molecule has 0 fully saturated rings. The molecule has 1 atom stereocenters. The molecule has 2 N–H and O–H groups in total. The molecule has 1 aromatic heterocycles. The number of benzene rings is 1. The fraction of sp³-hybridized carbons (Fsp3) is 0.450. The van der Waals surface area contributed by atoms with Gasteiger partial charge in [-0.1, -0.05) is 13.0 Å². The van der Waals surface area contributed by atoms with Crippen molar-refractivity contribution in [1.82, 2.24) is 9.55 Å². The quantitative estimate of drug-likeness (QED) is 0.700. The molecular formula is C20H24F2N4O4. The molecule has 2 amide bonds. The monoisotopic (exact) mass is 422 g/mol. The molecule has 8 nitrogen and oxygen atoms in total. The second-order valence-corrected chi connectivity index (χ2v) is 7.13. The third-order valence-electron chi connectivity index (χ3n) is 4.83. The van der Waals surface area contributed by atoms with Crippen molar-refractivity contribution < 1.29 is 27.8 Å². The summed E-state index contributed by atoms with van der Waals surface area (Å²) in [5.41, 5.74) is 6.90. The van der Waals surface area contributed by atoms with Crippen LogP contribution in [-0.4, -0.2) is 54.7 Å². The van der Waals surface area contributed by atoms with Crippen LogP contribution in [0.2, 0.25) is 0 Å². The summed E-state index contributed by atoms with van der Waals surface area (Å²) in [6.45, 7) is 1.43. The highest BCUT2D eigenvalue weighted by Gasteiger charge is 2.26. The minimum Gasteiger partial charge on any atom is -0.491 e. The zero-order valence-corrected chi connectivity index (χ0v) is 16.8. The number of nitrogens with two attached hydrogens (primary N) is 1. The highest BCUT2D eigenvalue weighted by Crippen LogP contribution is 2.35. The number of halogens is 2. The zero-order chi connectivity index (χ0) is 21.8. The fourth-order valence-electron chi connectivity index (χ4n) is 3.29. The number of carbonyl (C=O) groups excluding carboxylic acids is 2. The molecule has 0 unspecified atom stereocenters. The molecule has 0 radical (unpaired) electrons. The fourth-order valence-corrected chi connectivity index (χ4v) is 3.29. The number of rotatable bonds is 8. The summed E-state index contributed by atoms with van der Waals surface area (Å²) in [5, 5.41) is 0. The minimum atomic E-state index is -2.71. The van der Waals surface area contributed by atoms with Crippen LogP contribution in [0.4, 0.5) is 14.6 Å². The van der Waals surface area contributed by atoms with Gasteiger partial charge in [0.15, 0.2) is 5.82 Å².